The predicted molar refractivity (Wildman–Crippen MR) is 66.7 cm³/mol. The molecule has 4 N–H and O–H groups in total. The number of nitrogen functional groups attached to an aromatic ring is 1. The third kappa shape index (κ3) is 2.05. The van der Waals surface area contributed by atoms with Gasteiger partial charge >= 0.3 is 0 Å². The molecule has 0 spiro atoms. The normalized spacial score (nSPS) is 17.1. The Kier molecular flexibility index (Phi) is 2.91. The molecular formula is C11H14N4OS. The van der Waals surface area contributed by atoms with Crippen LogP contribution in [0.25, 0.3) is 0 Å². The van der Waals surface area contributed by atoms with Crippen LogP contribution >= 0.6 is 12.2 Å². The molecule has 0 saturated heterocycles. The van der Waals surface area contributed by atoms with E-state index in [0.717, 1.165) is 11.1 Å². The first-order valence-electron chi connectivity index (χ1n) is 5.27. The quantitative estimate of drug-likeness (QED) is 0.401. The number of hydrazine groups is 1. The first-order valence-corrected chi connectivity index (χ1v) is 5.68. The fourth-order valence-corrected chi connectivity index (χ4v) is 2.30. The van der Waals surface area contributed by atoms with E-state index in [2.05, 4.69) is 16.5 Å². The largest absolute Gasteiger partial charge is 0.370 e. The average molecular weight is 250 g/mol. The molecule has 1 aliphatic heterocycles. The van der Waals surface area contributed by atoms with E-state index in [1.54, 1.807) is 0 Å². The second-order valence-electron chi connectivity index (χ2n) is 4.64. The van der Waals surface area contributed by atoms with Gasteiger partial charge in [0.1, 0.15) is 16.5 Å². The molecule has 0 atom stereocenters. The van der Waals surface area contributed by atoms with Crippen LogP contribution in [0.15, 0.2) is 0 Å². The van der Waals surface area contributed by atoms with Crippen molar-refractivity contribution in [1.82, 2.24) is 4.98 Å². The lowest BCUT2D eigenvalue weighted by molar-refractivity contribution is -0.0400. The highest BCUT2D eigenvalue weighted by molar-refractivity contribution is 7.71. The Morgan fingerprint density at radius 1 is 1.53 bits per heavy atom. The van der Waals surface area contributed by atoms with Gasteiger partial charge in [-0.25, -0.2) is 5.84 Å². The van der Waals surface area contributed by atoms with Gasteiger partial charge in [0.05, 0.1) is 17.8 Å². The van der Waals surface area contributed by atoms with Crippen LogP contribution in [0.3, 0.4) is 0 Å². The van der Waals surface area contributed by atoms with Crippen LogP contribution in [-0.4, -0.2) is 10.6 Å². The summed E-state index contributed by atoms with van der Waals surface area (Å²) in [7, 11) is 0. The van der Waals surface area contributed by atoms with Crippen LogP contribution in [0.4, 0.5) is 5.82 Å². The van der Waals surface area contributed by atoms with E-state index >= 15 is 0 Å². The summed E-state index contributed by atoms with van der Waals surface area (Å²) in [6, 6.07) is 2.15. The number of H-pyrrole nitrogens is 1. The van der Waals surface area contributed by atoms with Crippen LogP contribution in [0.1, 0.15) is 30.5 Å². The number of nitrogens with zero attached hydrogens (tertiary/aromatic N) is 1. The van der Waals surface area contributed by atoms with Crippen molar-refractivity contribution in [3.8, 4) is 6.07 Å². The Labute approximate surface area is 105 Å². The molecule has 1 aliphatic rings. The van der Waals surface area contributed by atoms with Crippen molar-refractivity contribution < 1.29 is 4.74 Å². The Bertz CT molecular complexity index is 556. The van der Waals surface area contributed by atoms with Crippen molar-refractivity contribution in [2.75, 3.05) is 5.43 Å². The molecule has 5 nitrogen and oxygen atoms in total. The molecule has 1 aromatic rings. The molecule has 17 heavy (non-hydrogen) atoms. The van der Waals surface area contributed by atoms with Gasteiger partial charge in [0.2, 0.25) is 0 Å². The third-order valence-electron chi connectivity index (χ3n) is 2.90. The standard InChI is InChI=1S/C11H14N4OS/c1-11(2)3-6-7(4-12)10(17)14-9(15-13)8(6)5-16-11/h3,5,13H2,1-2H3,(H2,14,15,17). The number of aromatic nitrogens is 1. The van der Waals surface area contributed by atoms with E-state index in [0.29, 0.717) is 29.0 Å². The lowest BCUT2D eigenvalue weighted by Gasteiger charge is -2.33. The maximum Gasteiger partial charge on any atom is 0.124 e. The van der Waals surface area contributed by atoms with Gasteiger partial charge in [0.25, 0.3) is 0 Å². The van der Waals surface area contributed by atoms with Crippen LogP contribution in [0.2, 0.25) is 0 Å². The topological polar surface area (TPSA) is 86.9 Å². The Morgan fingerprint density at radius 3 is 2.82 bits per heavy atom. The van der Waals surface area contributed by atoms with E-state index in [4.69, 9.17) is 22.8 Å². The maximum atomic E-state index is 9.18. The highest BCUT2D eigenvalue weighted by Gasteiger charge is 2.30. The van der Waals surface area contributed by atoms with Gasteiger partial charge in [0, 0.05) is 12.0 Å². The van der Waals surface area contributed by atoms with Gasteiger partial charge in [-0.3, -0.25) is 0 Å². The van der Waals surface area contributed by atoms with Crippen molar-refractivity contribution in [3.05, 3.63) is 21.3 Å². The number of rotatable bonds is 1. The van der Waals surface area contributed by atoms with Crippen molar-refractivity contribution in [1.29, 1.82) is 5.26 Å². The van der Waals surface area contributed by atoms with Crippen molar-refractivity contribution >= 4 is 18.0 Å². The number of fused-ring (bicyclic) bond motifs is 1. The summed E-state index contributed by atoms with van der Waals surface area (Å²) in [5, 5.41) is 9.18. The average Bonchev–Trinajstić information content (AvgIpc) is 2.26. The molecule has 0 unspecified atom stereocenters. The minimum absolute atomic E-state index is 0.284. The fourth-order valence-electron chi connectivity index (χ4n) is 2.03. The fraction of sp³-hybridized carbons (Fsp3) is 0.455. The minimum atomic E-state index is -0.284. The molecular weight excluding hydrogens is 236 g/mol. The molecule has 0 bridgehead atoms. The molecule has 0 radical (unpaired) electrons. The van der Waals surface area contributed by atoms with E-state index in [1.165, 1.54) is 0 Å². The molecule has 0 aromatic carbocycles. The van der Waals surface area contributed by atoms with Crippen molar-refractivity contribution in [2.24, 2.45) is 5.84 Å². The monoisotopic (exact) mass is 250 g/mol. The highest BCUT2D eigenvalue weighted by Crippen LogP contribution is 2.33. The van der Waals surface area contributed by atoms with Crippen LogP contribution in [0, 0.1) is 16.0 Å². The van der Waals surface area contributed by atoms with E-state index in [-0.39, 0.29) is 5.60 Å². The molecule has 0 fully saturated rings. The van der Waals surface area contributed by atoms with Gasteiger partial charge in [-0.05, 0) is 19.4 Å². The van der Waals surface area contributed by atoms with E-state index in [9.17, 15) is 5.26 Å². The third-order valence-corrected chi connectivity index (χ3v) is 3.21. The second kappa shape index (κ2) is 4.11. The van der Waals surface area contributed by atoms with Crippen molar-refractivity contribution in [3.63, 3.8) is 0 Å². The van der Waals surface area contributed by atoms with Gasteiger partial charge in [-0.15, -0.1) is 0 Å². The van der Waals surface area contributed by atoms with E-state index < -0.39 is 0 Å². The number of nitrogens with one attached hydrogen (secondary N) is 2. The zero-order valence-corrected chi connectivity index (χ0v) is 10.6. The maximum absolute atomic E-state index is 9.18. The Hall–Kier alpha value is -1.42. The number of nitriles is 1. The minimum Gasteiger partial charge on any atom is -0.370 e. The summed E-state index contributed by atoms with van der Waals surface area (Å²) in [6.45, 7) is 4.40. The summed E-state index contributed by atoms with van der Waals surface area (Å²) in [5.74, 6) is 6.06. The van der Waals surface area contributed by atoms with Gasteiger partial charge in [0.15, 0.2) is 0 Å². The number of pyridine rings is 1. The van der Waals surface area contributed by atoms with E-state index in [1.807, 2.05) is 13.8 Å². The van der Waals surface area contributed by atoms with Gasteiger partial charge in [-0.1, -0.05) is 12.2 Å². The zero-order valence-electron chi connectivity index (χ0n) is 9.76. The van der Waals surface area contributed by atoms with Crippen LogP contribution in [0.5, 0.6) is 0 Å². The molecule has 2 heterocycles. The molecule has 6 heteroatoms. The first kappa shape index (κ1) is 12.0. The number of nitrogens with two attached hydrogens (primary N) is 1. The molecule has 0 aliphatic carbocycles. The summed E-state index contributed by atoms with van der Waals surface area (Å²) >= 11 is 5.15. The SMILES string of the molecule is CC1(C)Cc2c(c(NN)[nH]c(=S)c2C#N)CO1. The van der Waals surface area contributed by atoms with Crippen LogP contribution < -0.4 is 11.3 Å². The highest BCUT2D eigenvalue weighted by atomic mass is 32.1. The summed E-state index contributed by atoms with van der Waals surface area (Å²) < 4.78 is 6.13. The number of anilines is 1. The van der Waals surface area contributed by atoms with Crippen molar-refractivity contribution in [2.45, 2.75) is 32.5 Å². The summed E-state index contributed by atoms with van der Waals surface area (Å²) in [6.07, 6.45) is 0.651. The Balaban J connectivity index is 2.69. The number of hydrogen-bond acceptors (Lipinski definition) is 5. The molecule has 0 saturated carbocycles. The number of aromatic amines is 1. The summed E-state index contributed by atoms with van der Waals surface area (Å²) in [4.78, 5) is 2.91. The summed E-state index contributed by atoms with van der Waals surface area (Å²) in [5.41, 5.74) is 4.61. The zero-order chi connectivity index (χ0) is 12.6. The number of ether oxygens (including phenoxy) is 1. The molecule has 2 rings (SSSR count). The Morgan fingerprint density at radius 2 is 2.24 bits per heavy atom. The molecule has 90 valence electrons. The molecule has 1 aromatic heterocycles. The van der Waals surface area contributed by atoms with Crippen LogP contribution in [-0.2, 0) is 17.8 Å². The first-order chi connectivity index (χ1) is 7.98. The lowest BCUT2D eigenvalue weighted by atomic mass is 9.89. The van der Waals surface area contributed by atoms with Gasteiger partial charge < -0.3 is 15.1 Å². The lowest BCUT2D eigenvalue weighted by Crippen LogP contribution is -2.33. The predicted octanol–water partition coefficient (Wildman–Crippen LogP) is 1.75. The molecule has 0 amide bonds. The van der Waals surface area contributed by atoms with Gasteiger partial charge in [-0.2, -0.15) is 5.26 Å². The second-order valence-corrected chi connectivity index (χ2v) is 5.05. The number of hydrogen-bond donors (Lipinski definition) is 3. The smallest absolute Gasteiger partial charge is 0.124 e.